The van der Waals surface area contributed by atoms with Gasteiger partial charge in [0.25, 0.3) is 0 Å². The first-order valence-electron chi connectivity index (χ1n) is 0.630. The number of thiol groups is 1. The minimum atomic E-state index is 1.69. The highest BCUT2D eigenvalue weighted by Gasteiger charge is 1.43. The van der Waals surface area contributed by atoms with E-state index in [0.717, 1.165) is 0 Å². The van der Waals surface area contributed by atoms with Crippen LogP contribution in [-0.4, -0.2) is 0 Å². The van der Waals surface area contributed by atoms with Crippen molar-refractivity contribution in [3.63, 3.8) is 0 Å². The molecular weight excluding hydrogens is 74.1 g/mol. The second-order valence-electron chi connectivity index (χ2n) is 0.191. The summed E-state index contributed by atoms with van der Waals surface area (Å²) in [6, 6.07) is 0. The first-order valence-corrected chi connectivity index (χ1v) is 1.08. The average molecular weight is 75.1 g/mol. The van der Waals surface area contributed by atoms with Crippen LogP contribution in [0.3, 0.4) is 0 Å². The molecule has 22 valence electrons. The van der Waals surface area contributed by atoms with E-state index in [-0.39, 0.29) is 0 Å². The van der Waals surface area contributed by atoms with Crippen molar-refractivity contribution in [1.82, 2.24) is 0 Å². The van der Waals surface area contributed by atoms with E-state index in [0.29, 0.717) is 0 Å². The maximum absolute atomic E-state index is 8.74. The number of hydrogen-bond acceptors (Lipinski definition) is 2. The molecule has 0 aliphatic rings. The lowest BCUT2D eigenvalue weighted by molar-refractivity contribution is 2.24. The smallest absolute Gasteiger partial charge is 0.368 e. The van der Waals surface area contributed by atoms with Crippen LogP contribution in [0.2, 0.25) is 0 Å². The van der Waals surface area contributed by atoms with Gasteiger partial charge in [0.2, 0.25) is 0 Å². The predicted octanol–water partition coefficient (Wildman–Crippen LogP) is 0.704. The number of hydrogen-bond donors (Lipinski definition) is 1. The van der Waals surface area contributed by atoms with E-state index in [9.17, 15) is 0 Å². The lowest BCUT2D eigenvalue weighted by atomic mass is 11.8. The fourth-order valence-electron chi connectivity index (χ4n) is 0. The van der Waals surface area contributed by atoms with Gasteiger partial charge in [-0.1, -0.05) is 0 Å². The molecule has 0 aromatic rings. The van der Waals surface area contributed by atoms with Crippen LogP contribution >= 0.6 is 12.6 Å². The summed E-state index contributed by atoms with van der Waals surface area (Å²) in [5, 5.41) is 12.5. The van der Waals surface area contributed by atoms with Crippen LogP contribution in [0.1, 0.15) is 0 Å². The molecule has 0 heterocycles. The Balaban J connectivity index is 2.83. The highest BCUT2D eigenvalue weighted by Crippen LogP contribution is 1.58. The van der Waals surface area contributed by atoms with Crippen LogP contribution in [0.25, 0.3) is 5.01 Å². The Bertz CT molecular complexity index is 44.8. The van der Waals surface area contributed by atoms with Gasteiger partial charge in [0.1, 0.15) is 0 Å². The molecule has 0 aromatic carbocycles. The Morgan fingerprint density at radius 3 is 2.25 bits per heavy atom. The number of nitrogens with zero attached hydrogens (tertiary/aromatic N) is 1. The van der Waals surface area contributed by atoms with E-state index in [1.54, 1.807) is 5.40 Å². The van der Waals surface area contributed by atoms with Gasteiger partial charge in [-0.2, -0.15) is 0 Å². The molecule has 0 amide bonds. The van der Waals surface area contributed by atoms with Gasteiger partial charge < -0.3 is 5.21 Å². The molecule has 0 rings (SSSR count). The fourth-order valence-corrected chi connectivity index (χ4v) is 0. The normalized spacial score (nSPS) is 3.25. The van der Waals surface area contributed by atoms with Crippen molar-refractivity contribution in [1.29, 1.82) is 0 Å². The summed E-state index contributed by atoms with van der Waals surface area (Å²) in [5.41, 5.74) is 0. The molecule has 3 heteroatoms. The summed E-state index contributed by atoms with van der Waals surface area (Å²) in [4.78, 5) is 0. The van der Waals surface area contributed by atoms with Crippen molar-refractivity contribution in [2.24, 2.45) is 0 Å². The Morgan fingerprint density at radius 2 is 2.25 bits per heavy atom. The molecular formula is CHNOS. The first-order chi connectivity index (χ1) is 1.91. The Morgan fingerprint density at radius 1 is 2.00 bits per heavy atom. The van der Waals surface area contributed by atoms with Crippen LogP contribution < -0.4 is 0 Å². The Kier molecular flexibility index (Phi) is 2.40. The largest absolute Gasteiger partial charge is 0.498 e. The van der Waals surface area contributed by atoms with E-state index < -0.39 is 0 Å². The van der Waals surface area contributed by atoms with Gasteiger partial charge in [-0.3, -0.25) is 0 Å². The van der Waals surface area contributed by atoms with Crippen LogP contribution in [0, 0.1) is 10.6 Å². The van der Waals surface area contributed by atoms with Gasteiger partial charge >= 0.3 is 5.40 Å². The zero-order valence-corrected chi connectivity index (χ0v) is 2.70. The first kappa shape index (κ1) is 3.64. The summed E-state index contributed by atoms with van der Waals surface area (Å²) in [7, 11) is 0. The van der Waals surface area contributed by atoms with Crippen molar-refractivity contribution in [2.45, 2.75) is 0 Å². The molecule has 0 aliphatic carbocycles. The van der Waals surface area contributed by atoms with Crippen LogP contribution in [0.4, 0.5) is 0 Å². The molecule has 0 unspecified atom stereocenters. The molecule has 0 fully saturated rings. The van der Waals surface area contributed by atoms with Crippen molar-refractivity contribution in [3.05, 3.63) is 10.2 Å². The molecule has 0 saturated carbocycles. The van der Waals surface area contributed by atoms with Gasteiger partial charge in [-0.15, -0.1) is 0 Å². The zero-order chi connectivity index (χ0) is 3.41. The van der Waals surface area contributed by atoms with E-state index in [1.165, 1.54) is 0 Å². The quantitative estimate of drug-likeness (QED) is 0.256. The minimum Gasteiger partial charge on any atom is -0.498 e. The van der Waals surface area contributed by atoms with Gasteiger partial charge in [-0.25, -0.2) is 0 Å². The zero-order valence-electron chi connectivity index (χ0n) is 1.80. The summed E-state index contributed by atoms with van der Waals surface area (Å²) in [6.07, 6.45) is 0. The van der Waals surface area contributed by atoms with E-state index in [1.807, 2.05) is 0 Å². The Labute approximate surface area is 29.2 Å². The van der Waals surface area contributed by atoms with Crippen molar-refractivity contribution >= 4 is 12.6 Å². The molecule has 0 radical (unpaired) electrons. The third-order valence-corrected chi connectivity index (χ3v) is 0.122. The van der Waals surface area contributed by atoms with Crippen LogP contribution in [0.15, 0.2) is 0 Å². The summed E-state index contributed by atoms with van der Waals surface area (Å²) < 4.78 is 0. The van der Waals surface area contributed by atoms with E-state index in [4.69, 9.17) is 5.21 Å². The lowest BCUT2D eigenvalue weighted by Crippen LogP contribution is -1.14. The average Bonchev–Trinajstić information content (AvgIpc) is 1.37. The summed E-state index contributed by atoms with van der Waals surface area (Å²) in [6.45, 7) is 0. The van der Waals surface area contributed by atoms with Crippen molar-refractivity contribution < 1.29 is 0 Å². The molecule has 0 bridgehead atoms. The SMILES string of the molecule is [O-][N+]#CS. The topological polar surface area (TPSA) is 27.4 Å². The highest BCUT2D eigenvalue weighted by atomic mass is 32.1. The van der Waals surface area contributed by atoms with Crippen molar-refractivity contribution in [3.8, 4) is 5.40 Å². The van der Waals surface area contributed by atoms with Gasteiger partial charge in [0, 0.05) is 5.01 Å². The molecule has 4 heavy (non-hydrogen) atoms. The molecule has 0 aliphatic heterocycles. The predicted molar refractivity (Wildman–Crippen MR) is 19.6 cm³/mol. The van der Waals surface area contributed by atoms with Crippen LogP contribution in [-0.2, 0) is 0 Å². The van der Waals surface area contributed by atoms with Gasteiger partial charge in [-0.05, 0) is 12.6 Å². The molecule has 0 N–H and O–H groups in total. The van der Waals surface area contributed by atoms with Crippen LogP contribution in [0.5, 0.6) is 0 Å². The van der Waals surface area contributed by atoms with E-state index in [2.05, 4.69) is 17.6 Å². The Hall–Kier alpha value is -0.360. The molecule has 2 nitrogen and oxygen atoms in total. The number of thiocyanates is 1. The fraction of sp³-hybridized carbons (Fsp3) is 0. The van der Waals surface area contributed by atoms with Crippen molar-refractivity contribution in [2.75, 3.05) is 0 Å². The summed E-state index contributed by atoms with van der Waals surface area (Å²) in [5.74, 6) is 0. The van der Waals surface area contributed by atoms with Gasteiger partial charge in [0.05, 0.1) is 0 Å². The van der Waals surface area contributed by atoms with E-state index >= 15 is 0 Å². The maximum Gasteiger partial charge on any atom is 0.368 e. The van der Waals surface area contributed by atoms with Gasteiger partial charge in [0.15, 0.2) is 0 Å². The molecule has 0 aromatic heterocycles. The number of rotatable bonds is 0. The molecule has 0 saturated heterocycles. The third kappa shape index (κ3) is 1.64. The third-order valence-electron chi connectivity index (χ3n) is 0.0408. The standard InChI is InChI=1S/CHNOS/c3-2-1-4/h4H. The minimum absolute atomic E-state index is 1.69. The maximum atomic E-state index is 8.74. The molecule has 0 atom stereocenters. The lowest BCUT2D eigenvalue weighted by Gasteiger charge is -1.40. The highest BCUT2D eigenvalue weighted by molar-refractivity contribution is 7.85. The molecule has 0 spiro atoms. The monoisotopic (exact) mass is 75.0 g/mol. The summed E-state index contributed by atoms with van der Waals surface area (Å²) >= 11 is 3.19. The second-order valence-corrected chi connectivity index (χ2v) is 0.391. The second kappa shape index (κ2) is 2.64.